The lowest BCUT2D eigenvalue weighted by Crippen LogP contribution is -2.26. The lowest BCUT2D eigenvalue weighted by molar-refractivity contribution is 0.0193. The standard InChI is InChI=1S/C14H16ClN3O2/c1-10-6-12(15)3-2-11(10)7-18-8-13(16-17-18)14(19)4-5-20-9-14/h2-3,6,8,19H,4-5,7,9H2,1H3. The Labute approximate surface area is 122 Å². The molecule has 1 aliphatic heterocycles. The number of ether oxygens (including phenoxy) is 1. The highest BCUT2D eigenvalue weighted by molar-refractivity contribution is 6.30. The van der Waals surface area contributed by atoms with Gasteiger partial charge in [-0.3, -0.25) is 0 Å². The van der Waals surface area contributed by atoms with Crippen LogP contribution in [0, 0.1) is 6.92 Å². The van der Waals surface area contributed by atoms with Crippen LogP contribution in [0.3, 0.4) is 0 Å². The second-order valence-electron chi connectivity index (χ2n) is 5.21. The summed E-state index contributed by atoms with van der Waals surface area (Å²) in [4.78, 5) is 0. The van der Waals surface area contributed by atoms with Crippen LogP contribution in [0.2, 0.25) is 5.02 Å². The summed E-state index contributed by atoms with van der Waals surface area (Å²) in [6.45, 7) is 3.45. The molecule has 0 bridgehead atoms. The SMILES string of the molecule is Cc1cc(Cl)ccc1Cn1cc(C2(O)CCOC2)nn1. The summed E-state index contributed by atoms with van der Waals surface area (Å²) in [6, 6.07) is 5.76. The van der Waals surface area contributed by atoms with Crippen molar-refractivity contribution in [3.63, 3.8) is 0 Å². The van der Waals surface area contributed by atoms with E-state index in [1.165, 1.54) is 0 Å². The van der Waals surface area contributed by atoms with E-state index in [-0.39, 0.29) is 6.61 Å². The molecule has 2 heterocycles. The van der Waals surface area contributed by atoms with Gasteiger partial charge in [0.1, 0.15) is 11.3 Å². The van der Waals surface area contributed by atoms with E-state index in [4.69, 9.17) is 16.3 Å². The Kier molecular flexibility index (Phi) is 3.50. The zero-order valence-electron chi connectivity index (χ0n) is 11.2. The molecular weight excluding hydrogens is 278 g/mol. The highest BCUT2D eigenvalue weighted by Crippen LogP contribution is 2.28. The van der Waals surface area contributed by atoms with Crippen LogP contribution in [-0.4, -0.2) is 33.3 Å². The van der Waals surface area contributed by atoms with Gasteiger partial charge in [-0.25, -0.2) is 4.68 Å². The third kappa shape index (κ3) is 2.57. The molecule has 0 radical (unpaired) electrons. The first-order chi connectivity index (χ1) is 9.57. The fourth-order valence-corrected chi connectivity index (χ4v) is 2.58. The van der Waals surface area contributed by atoms with Crippen LogP contribution in [0.15, 0.2) is 24.4 Å². The minimum absolute atomic E-state index is 0.283. The maximum Gasteiger partial charge on any atom is 0.135 e. The van der Waals surface area contributed by atoms with Gasteiger partial charge in [-0.05, 0) is 30.2 Å². The third-order valence-electron chi connectivity index (χ3n) is 3.65. The van der Waals surface area contributed by atoms with E-state index < -0.39 is 5.60 Å². The Bertz CT molecular complexity index is 621. The molecule has 1 atom stereocenters. The number of hydrogen-bond acceptors (Lipinski definition) is 4. The Balaban J connectivity index is 1.80. The number of aliphatic hydroxyl groups is 1. The minimum atomic E-state index is -0.993. The fraction of sp³-hybridized carbons (Fsp3) is 0.429. The molecule has 0 amide bonds. The molecular formula is C14H16ClN3O2. The van der Waals surface area contributed by atoms with Gasteiger partial charge in [-0.15, -0.1) is 5.10 Å². The minimum Gasteiger partial charge on any atom is -0.381 e. The molecule has 2 aromatic rings. The average molecular weight is 294 g/mol. The zero-order valence-corrected chi connectivity index (χ0v) is 12.0. The van der Waals surface area contributed by atoms with E-state index in [0.717, 1.165) is 16.1 Å². The number of aryl methyl sites for hydroxylation is 1. The molecule has 0 spiro atoms. The zero-order chi connectivity index (χ0) is 14.2. The van der Waals surface area contributed by atoms with Crippen LogP contribution >= 0.6 is 11.6 Å². The van der Waals surface area contributed by atoms with Crippen molar-refractivity contribution in [2.75, 3.05) is 13.2 Å². The smallest absolute Gasteiger partial charge is 0.135 e. The van der Waals surface area contributed by atoms with Crippen molar-refractivity contribution in [2.24, 2.45) is 0 Å². The predicted octanol–water partition coefficient (Wildman–Crippen LogP) is 1.90. The maximum atomic E-state index is 10.4. The van der Waals surface area contributed by atoms with Gasteiger partial charge in [0, 0.05) is 18.1 Å². The van der Waals surface area contributed by atoms with Crippen LogP contribution in [0.5, 0.6) is 0 Å². The van der Waals surface area contributed by atoms with Crippen LogP contribution in [-0.2, 0) is 16.9 Å². The second-order valence-corrected chi connectivity index (χ2v) is 5.64. The molecule has 6 heteroatoms. The van der Waals surface area contributed by atoms with Crippen LogP contribution in [0.1, 0.15) is 23.2 Å². The molecule has 1 N–H and O–H groups in total. The summed E-state index contributed by atoms with van der Waals surface area (Å²) in [5.41, 5.74) is 1.81. The van der Waals surface area contributed by atoms with Gasteiger partial charge in [-0.2, -0.15) is 0 Å². The monoisotopic (exact) mass is 293 g/mol. The molecule has 20 heavy (non-hydrogen) atoms. The van der Waals surface area contributed by atoms with Gasteiger partial charge in [-0.1, -0.05) is 22.9 Å². The van der Waals surface area contributed by atoms with Gasteiger partial charge < -0.3 is 9.84 Å². The van der Waals surface area contributed by atoms with E-state index in [9.17, 15) is 5.11 Å². The molecule has 0 saturated carbocycles. The molecule has 0 aliphatic carbocycles. The second kappa shape index (κ2) is 5.16. The van der Waals surface area contributed by atoms with Crippen LogP contribution in [0.25, 0.3) is 0 Å². The first-order valence-corrected chi connectivity index (χ1v) is 6.90. The molecule has 3 rings (SSSR count). The molecule has 1 aliphatic rings. The van der Waals surface area contributed by atoms with Crippen molar-refractivity contribution in [1.82, 2.24) is 15.0 Å². The van der Waals surface area contributed by atoms with Gasteiger partial charge in [0.25, 0.3) is 0 Å². The van der Waals surface area contributed by atoms with Crippen molar-refractivity contribution in [3.8, 4) is 0 Å². The van der Waals surface area contributed by atoms with Crippen molar-refractivity contribution < 1.29 is 9.84 Å². The number of hydrogen-bond donors (Lipinski definition) is 1. The topological polar surface area (TPSA) is 60.2 Å². The summed E-state index contributed by atoms with van der Waals surface area (Å²) in [5.74, 6) is 0. The Morgan fingerprint density at radius 1 is 1.50 bits per heavy atom. The molecule has 1 aromatic carbocycles. The average Bonchev–Trinajstić information content (AvgIpc) is 3.03. The summed E-state index contributed by atoms with van der Waals surface area (Å²) in [6.07, 6.45) is 2.34. The summed E-state index contributed by atoms with van der Waals surface area (Å²) >= 11 is 5.95. The highest BCUT2D eigenvalue weighted by Gasteiger charge is 2.37. The Morgan fingerprint density at radius 3 is 3.05 bits per heavy atom. The van der Waals surface area contributed by atoms with Gasteiger partial charge >= 0.3 is 0 Å². The summed E-state index contributed by atoms with van der Waals surface area (Å²) < 4.78 is 6.96. The Hall–Kier alpha value is -1.43. The number of rotatable bonds is 3. The maximum absolute atomic E-state index is 10.4. The number of benzene rings is 1. The van der Waals surface area contributed by atoms with Crippen molar-refractivity contribution in [1.29, 1.82) is 0 Å². The largest absolute Gasteiger partial charge is 0.381 e. The van der Waals surface area contributed by atoms with Crippen LogP contribution < -0.4 is 0 Å². The van der Waals surface area contributed by atoms with E-state index in [1.54, 1.807) is 10.9 Å². The first kappa shape index (κ1) is 13.5. The highest BCUT2D eigenvalue weighted by atomic mass is 35.5. The quantitative estimate of drug-likeness (QED) is 0.939. The van der Waals surface area contributed by atoms with Gasteiger partial charge in [0.05, 0.1) is 19.3 Å². The molecule has 1 saturated heterocycles. The van der Waals surface area contributed by atoms with Crippen LogP contribution in [0.4, 0.5) is 0 Å². The summed E-state index contributed by atoms with van der Waals surface area (Å²) in [5, 5.41) is 19.3. The third-order valence-corrected chi connectivity index (χ3v) is 3.89. The van der Waals surface area contributed by atoms with Crippen molar-refractivity contribution in [3.05, 3.63) is 46.2 Å². The van der Waals surface area contributed by atoms with Crippen molar-refractivity contribution in [2.45, 2.75) is 25.5 Å². The molecule has 1 unspecified atom stereocenters. The number of aromatic nitrogens is 3. The fourth-order valence-electron chi connectivity index (χ4n) is 2.36. The molecule has 1 aromatic heterocycles. The lowest BCUT2D eigenvalue weighted by Gasteiger charge is -2.15. The van der Waals surface area contributed by atoms with Gasteiger partial charge in [0.15, 0.2) is 0 Å². The van der Waals surface area contributed by atoms with E-state index in [0.29, 0.717) is 25.3 Å². The lowest BCUT2D eigenvalue weighted by atomic mass is 10.0. The van der Waals surface area contributed by atoms with E-state index in [2.05, 4.69) is 10.3 Å². The number of nitrogens with zero attached hydrogens (tertiary/aromatic N) is 3. The number of halogens is 1. The summed E-state index contributed by atoms with van der Waals surface area (Å²) in [7, 11) is 0. The first-order valence-electron chi connectivity index (χ1n) is 6.53. The normalized spacial score (nSPS) is 22.4. The van der Waals surface area contributed by atoms with E-state index >= 15 is 0 Å². The van der Waals surface area contributed by atoms with E-state index in [1.807, 2.05) is 25.1 Å². The molecule has 106 valence electrons. The predicted molar refractivity (Wildman–Crippen MR) is 74.6 cm³/mol. The molecule has 1 fully saturated rings. The molecule has 5 nitrogen and oxygen atoms in total. The Morgan fingerprint density at radius 2 is 2.35 bits per heavy atom. The van der Waals surface area contributed by atoms with Crippen molar-refractivity contribution >= 4 is 11.6 Å². The van der Waals surface area contributed by atoms with Gasteiger partial charge in [0.2, 0.25) is 0 Å².